The summed E-state index contributed by atoms with van der Waals surface area (Å²) in [6, 6.07) is 0. The number of carbonyl (C=O) groups excluding carboxylic acids is 1. The van der Waals surface area contributed by atoms with Crippen molar-refractivity contribution in [2.24, 2.45) is 5.73 Å². The molecule has 1 aromatic rings. The van der Waals surface area contributed by atoms with E-state index in [1.54, 1.807) is 11.3 Å². The number of hydrogen-bond acceptors (Lipinski definition) is 5. The van der Waals surface area contributed by atoms with E-state index in [1.807, 2.05) is 5.38 Å². The van der Waals surface area contributed by atoms with Gasteiger partial charge in [0.05, 0.1) is 24.2 Å². The molecular weight excluding hydrogens is 200 g/mol. The average Bonchev–Trinajstić information content (AvgIpc) is 2.63. The summed E-state index contributed by atoms with van der Waals surface area (Å²) in [5.41, 5.74) is 6.35. The maximum atomic E-state index is 10.9. The molecule has 0 aliphatic heterocycles. The summed E-state index contributed by atoms with van der Waals surface area (Å²) in [6.45, 7) is 0.615. The predicted octanol–water partition coefficient (Wildman–Crippen LogP) is 0.750. The SMILES string of the molecule is COC(=O)CCc1csc(CCN)n1. The molecule has 5 heteroatoms. The van der Waals surface area contributed by atoms with Crippen molar-refractivity contribution < 1.29 is 9.53 Å². The largest absolute Gasteiger partial charge is 0.469 e. The fourth-order valence-electron chi connectivity index (χ4n) is 1.03. The maximum Gasteiger partial charge on any atom is 0.305 e. The minimum atomic E-state index is -0.196. The van der Waals surface area contributed by atoms with Crippen LogP contribution in [0.3, 0.4) is 0 Å². The Morgan fingerprint density at radius 3 is 3.07 bits per heavy atom. The monoisotopic (exact) mass is 214 g/mol. The van der Waals surface area contributed by atoms with Crippen LogP contribution >= 0.6 is 11.3 Å². The van der Waals surface area contributed by atoms with Gasteiger partial charge in [-0.25, -0.2) is 4.98 Å². The van der Waals surface area contributed by atoms with Crippen molar-refractivity contribution in [1.29, 1.82) is 0 Å². The first-order valence-electron chi connectivity index (χ1n) is 4.46. The van der Waals surface area contributed by atoms with Crippen molar-refractivity contribution in [3.05, 3.63) is 16.1 Å². The van der Waals surface area contributed by atoms with Gasteiger partial charge in [0, 0.05) is 18.2 Å². The second-order valence-corrected chi connectivity index (χ2v) is 3.79. The van der Waals surface area contributed by atoms with Crippen LogP contribution in [-0.4, -0.2) is 24.6 Å². The van der Waals surface area contributed by atoms with Crippen molar-refractivity contribution in [2.75, 3.05) is 13.7 Å². The number of aryl methyl sites for hydroxylation is 1. The molecule has 0 fully saturated rings. The van der Waals surface area contributed by atoms with E-state index in [1.165, 1.54) is 7.11 Å². The lowest BCUT2D eigenvalue weighted by molar-refractivity contribution is -0.140. The normalized spacial score (nSPS) is 10.1. The first-order chi connectivity index (χ1) is 6.76. The smallest absolute Gasteiger partial charge is 0.305 e. The standard InChI is InChI=1S/C9H14N2O2S/c1-13-9(12)3-2-7-6-14-8(11-7)4-5-10/h6H,2-5,10H2,1H3. The van der Waals surface area contributed by atoms with Crippen molar-refractivity contribution in [3.8, 4) is 0 Å². The summed E-state index contributed by atoms with van der Waals surface area (Å²) in [6.07, 6.45) is 1.85. The molecule has 78 valence electrons. The molecule has 1 heterocycles. The highest BCUT2D eigenvalue weighted by atomic mass is 32.1. The van der Waals surface area contributed by atoms with E-state index in [4.69, 9.17) is 5.73 Å². The summed E-state index contributed by atoms with van der Waals surface area (Å²) >= 11 is 1.59. The summed E-state index contributed by atoms with van der Waals surface area (Å²) in [4.78, 5) is 15.2. The highest BCUT2D eigenvalue weighted by Gasteiger charge is 2.04. The van der Waals surface area contributed by atoms with Crippen LogP contribution in [0, 0.1) is 0 Å². The van der Waals surface area contributed by atoms with Crippen LogP contribution in [0.4, 0.5) is 0 Å². The van der Waals surface area contributed by atoms with Gasteiger partial charge in [0.25, 0.3) is 0 Å². The Balaban J connectivity index is 2.39. The minimum Gasteiger partial charge on any atom is -0.469 e. The molecule has 0 spiro atoms. The third kappa shape index (κ3) is 3.43. The molecule has 4 nitrogen and oxygen atoms in total. The van der Waals surface area contributed by atoms with Gasteiger partial charge < -0.3 is 10.5 Å². The molecule has 1 rings (SSSR count). The molecule has 0 radical (unpaired) electrons. The van der Waals surface area contributed by atoms with E-state index in [-0.39, 0.29) is 5.97 Å². The zero-order valence-electron chi connectivity index (χ0n) is 8.16. The van der Waals surface area contributed by atoms with Gasteiger partial charge >= 0.3 is 5.97 Å². The van der Waals surface area contributed by atoms with E-state index in [2.05, 4.69) is 9.72 Å². The highest BCUT2D eigenvalue weighted by molar-refractivity contribution is 7.09. The Bertz CT molecular complexity index is 299. The molecule has 1 aromatic heterocycles. The number of esters is 1. The van der Waals surface area contributed by atoms with Crippen LogP contribution in [0.2, 0.25) is 0 Å². The topological polar surface area (TPSA) is 65.2 Å². The fraction of sp³-hybridized carbons (Fsp3) is 0.556. The number of nitrogens with two attached hydrogens (primary N) is 1. The van der Waals surface area contributed by atoms with Gasteiger partial charge in [-0.2, -0.15) is 0 Å². The number of thiazole rings is 1. The van der Waals surface area contributed by atoms with Gasteiger partial charge in [0.2, 0.25) is 0 Å². The average molecular weight is 214 g/mol. The van der Waals surface area contributed by atoms with Gasteiger partial charge in [-0.15, -0.1) is 11.3 Å². The highest BCUT2D eigenvalue weighted by Crippen LogP contribution is 2.11. The lowest BCUT2D eigenvalue weighted by atomic mass is 10.2. The molecule has 0 atom stereocenters. The molecule has 0 amide bonds. The van der Waals surface area contributed by atoms with Crippen molar-refractivity contribution in [1.82, 2.24) is 4.98 Å². The molecule has 0 saturated heterocycles. The van der Waals surface area contributed by atoms with Crippen LogP contribution in [0.15, 0.2) is 5.38 Å². The molecule has 0 aromatic carbocycles. The van der Waals surface area contributed by atoms with Crippen molar-refractivity contribution in [2.45, 2.75) is 19.3 Å². The lowest BCUT2D eigenvalue weighted by Gasteiger charge is -1.95. The summed E-state index contributed by atoms with van der Waals surface area (Å²) in [7, 11) is 1.39. The molecular formula is C9H14N2O2S. The molecule has 0 bridgehead atoms. The van der Waals surface area contributed by atoms with Crippen molar-refractivity contribution >= 4 is 17.3 Å². The van der Waals surface area contributed by atoms with Gasteiger partial charge in [0.1, 0.15) is 0 Å². The molecule has 0 unspecified atom stereocenters. The van der Waals surface area contributed by atoms with Gasteiger partial charge in [-0.1, -0.05) is 0 Å². The van der Waals surface area contributed by atoms with E-state index in [0.717, 1.165) is 17.1 Å². The van der Waals surface area contributed by atoms with Crippen LogP contribution in [0.25, 0.3) is 0 Å². The first-order valence-corrected chi connectivity index (χ1v) is 5.34. The Morgan fingerprint density at radius 2 is 2.43 bits per heavy atom. The second-order valence-electron chi connectivity index (χ2n) is 2.85. The van der Waals surface area contributed by atoms with Crippen LogP contribution < -0.4 is 5.73 Å². The third-order valence-corrected chi connectivity index (χ3v) is 2.73. The Hall–Kier alpha value is -0.940. The molecule has 2 N–H and O–H groups in total. The minimum absolute atomic E-state index is 0.196. The number of carbonyl (C=O) groups is 1. The first kappa shape index (κ1) is 11.1. The third-order valence-electron chi connectivity index (χ3n) is 1.77. The zero-order chi connectivity index (χ0) is 10.4. The van der Waals surface area contributed by atoms with Crippen LogP contribution in [0.5, 0.6) is 0 Å². The van der Waals surface area contributed by atoms with Gasteiger partial charge in [-0.05, 0) is 6.54 Å². The lowest BCUT2D eigenvalue weighted by Crippen LogP contribution is -2.03. The van der Waals surface area contributed by atoms with Crippen LogP contribution in [-0.2, 0) is 22.4 Å². The number of rotatable bonds is 5. The quantitative estimate of drug-likeness (QED) is 0.735. The van der Waals surface area contributed by atoms with Gasteiger partial charge in [-0.3, -0.25) is 4.79 Å². The fourth-order valence-corrected chi connectivity index (χ4v) is 1.88. The van der Waals surface area contributed by atoms with E-state index in [0.29, 0.717) is 19.4 Å². The number of hydrogen-bond donors (Lipinski definition) is 1. The Morgan fingerprint density at radius 1 is 1.64 bits per heavy atom. The Kier molecular flexibility index (Phi) is 4.55. The number of methoxy groups -OCH3 is 1. The molecule has 14 heavy (non-hydrogen) atoms. The summed E-state index contributed by atoms with van der Waals surface area (Å²) in [5.74, 6) is -0.196. The second kappa shape index (κ2) is 5.72. The molecule has 0 saturated carbocycles. The maximum absolute atomic E-state index is 10.9. The van der Waals surface area contributed by atoms with Gasteiger partial charge in [0.15, 0.2) is 0 Å². The predicted molar refractivity (Wildman–Crippen MR) is 55.2 cm³/mol. The Labute approximate surface area is 87.1 Å². The summed E-state index contributed by atoms with van der Waals surface area (Å²) in [5, 5.41) is 3.00. The summed E-state index contributed by atoms with van der Waals surface area (Å²) < 4.78 is 4.54. The van der Waals surface area contributed by atoms with E-state index < -0.39 is 0 Å². The van der Waals surface area contributed by atoms with Crippen molar-refractivity contribution in [3.63, 3.8) is 0 Å². The molecule has 0 aliphatic carbocycles. The number of ether oxygens (including phenoxy) is 1. The van der Waals surface area contributed by atoms with E-state index in [9.17, 15) is 4.79 Å². The number of aromatic nitrogens is 1. The van der Waals surface area contributed by atoms with E-state index >= 15 is 0 Å². The number of nitrogens with zero attached hydrogens (tertiary/aromatic N) is 1. The molecule has 0 aliphatic rings. The zero-order valence-corrected chi connectivity index (χ0v) is 8.97. The van der Waals surface area contributed by atoms with Crippen LogP contribution in [0.1, 0.15) is 17.1 Å².